The number of hydrogen-bond donors (Lipinski definition) is 1. The van der Waals surface area contributed by atoms with Crippen LogP contribution in [0.2, 0.25) is 5.02 Å². The number of benzene rings is 3. The highest BCUT2D eigenvalue weighted by Crippen LogP contribution is 2.30. The molecule has 0 aliphatic carbocycles. The fourth-order valence-corrected chi connectivity index (χ4v) is 4.74. The lowest BCUT2D eigenvalue weighted by molar-refractivity contribution is -0.114. The zero-order valence-corrected chi connectivity index (χ0v) is 19.3. The monoisotopic (exact) mass is 496 g/mol. The Morgan fingerprint density at radius 3 is 2.38 bits per heavy atom. The van der Waals surface area contributed by atoms with Crippen molar-refractivity contribution in [1.82, 2.24) is 0 Å². The molecule has 0 aliphatic rings. The average Bonchev–Trinajstić information content (AvgIpc) is 2.74. The van der Waals surface area contributed by atoms with E-state index < -0.39 is 34.1 Å². The van der Waals surface area contributed by atoms with Gasteiger partial charge in [-0.15, -0.1) is 11.8 Å². The van der Waals surface area contributed by atoms with Gasteiger partial charge in [-0.05, 0) is 42.0 Å². The number of thioether (sulfide) groups is 1. The fraction of sp³-hybridized carbons (Fsp3) is 0.136. The van der Waals surface area contributed by atoms with E-state index in [4.69, 9.17) is 11.6 Å². The molecule has 0 radical (unpaired) electrons. The minimum atomic E-state index is -3.93. The number of sulfonamides is 1. The molecular formula is C22H19ClF2N2O3S2. The molecule has 10 heteroatoms. The zero-order chi connectivity index (χ0) is 23.3. The number of amides is 1. The summed E-state index contributed by atoms with van der Waals surface area (Å²) in [4.78, 5) is 13.4. The summed E-state index contributed by atoms with van der Waals surface area (Å²) in [5, 5.41) is 3.34. The standard InChI is InChI=1S/C22H19ClF2N2O3S2/c1-32(29,30)27(17-10-11-18(24)19(25)12-17)13-22(28)26-20-4-2-3-5-21(20)31-14-15-6-8-16(23)9-7-15/h2-12H,13-14H2,1H3,(H,26,28). The summed E-state index contributed by atoms with van der Waals surface area (Å²) in [5.74, 6) is -2.31. The van der Waals surface area contributed by atoms with E-state index in [0.29, 0.717) is 20.8 Å². The van der Waals surface area contributed by atoms with E-state index in [1.54, 1.807) is 24.3 Å². The van der Waals surface area contributed by atoms with E-state index in [0.717, 1.165) is 34.9 Å². The average molecular weight is 497 g/mol. The summed E-state index contributed by atoms with van der Waals surface area (Å²) in [6, 6.07) is 17.1. The first-order valence-electron chi connectivity index (χ1n) is 9.32. The Kier molecular flexibility index (Phi) is 7.76. The van der Waals surface area contributed by atoms with Crippen molar-refractivity contribution in [3.63, 3.8) is 0 Å². The van der Waals surface area contributed by atoms with Crippen molar-refractivity contribution in [3.8, 4) is 0 Å². The first-order chi connectivity index (χ1) is 15.1. The molecule has 1 N–H and O–H groups in total. The molecule has 3 rings (SSSR count). The molecule has 0 aliphatic heterocycles. The highest BCUT2D eigenvalue weighted by Gasteiger charge is 2.22. The fourth-order valence-electron chi connectivity index (χ4n) is 2.80. The van der Waals surface area contributed by atoms with Gasteiger partial charge in [0.25, 0.3) is 0 Å². The van der Waals surface area contributed by atoms with Crippen LogP contribution in [0.1, 0.15) is 5.56 Å². The van der Waals surface area contributed by atoms with Crippen LogP contribution in [0.5, 0.6) is 0 Å². The van der Waals surface area contributed by atoms with Crippen molar-refractivity contribution >= 4 is 50.7 Å². The van der Waals surface area contributed by atoms with E-state index in [2.05, 4.69) is 5.32 Å². The lowest BCUT2D eigenvalue weighted by atomic mass is 10.2. The maximum absolute atomic E-state index is 13.6. The third kappa shape index (κ3) is 6.44. The van der Waals surface area contributed by atoms with E-state index in [1.165, 1.54) is 11.8 Å². The van der Waals surface area contributed by atoms with Crippen LogP contribution in [0, 0.1) is 11.6 Å². The van der Waals surface area contributed by atoms with Gasteiger partial charge in [0.15, 0.2) is 11.6 Å². The Morgan fingerprint density at radius 2 is 1.72 bits per heavy atom. The summed E-state index contributed by atoms with van der Waals surface area (Å²) in [6.07, 6.45) is 0.886. The maximum atomic E-state index is 13.6. The van der Waals surface area contributed by atoms with Gasteiger partial charge in [-0.2, -0.15) is 0 Å². The van der Waals surface area contributed by atoms with E-state index in [1.807, 2.05) is 24.3 Å². The molecule has 0 saturated carbocycles. The lowest BCUT2D eigenvalue weighted by Gasteiger charge is -2.22. The number of para-hydroxylation sites is 1. The summed E-state index contributed by atoms with van der Waals surface area (Å²) >= 11 is 7.40. The van der Waals surface area contributed by atoms with Crippen molar-refractivity contribution in [1.29, 1.82) is 0 Å². The Balaban J connectivity index is 1.74. The van der Waals surface area contributed by atoms with Crippen LogP contribution in [0.25, 0.3) is 0 Å². The molecule has 1 amide bonds. The summed E-state index contributed by atoms with van der Waals surface area (Å²) in [5.41, 5.74) is 1.41. The number of carbonyl (C=O) groups excluding carboxylic acids is 1. The van der Waals surface area contributed by atoms with E-state index in [9.17, 15) is 22.0 Å². The predicted octanol–water partition coefficient (Wildman–Crippen LogP) is 5.32. The Morgan fingerprint density at radius 1 is 1.03 bits per heavy atom. The lowest BCUT2D eigenvalue weighted by Crippen LogP contribution is -2.37. The van der Waals surface area contributed by atoms with Crippen molar-refractivity contribution < 1.29 is 22.0 Å². The summed E-state index contributed by atoms with van der Waals surface area (Å²) in [6.45, 7) is -0.597. The van der Waals surface area contributed by atoms with Crippen LogP contribution in [-0.2, 0) is 20.6 Å². The quantitative estimate of drug-likeness (QED) is 0.429. The Bertz CT molecular complexity index is 1220. The summed E-state index contributed by atoms with van der Waals surface area (Å²) < 4.78 is 51.9. The summed E-state index contributed by atoms with van der Waals surface area (Å²) in [7, 11) is -3.93. The Hall–Kier alpha value is -2.62. The molecule has 5 nitrogen and oxygen atoms in total. The van der Waals surface area contributed by atoms with Crippen molar-refractivity contribution in [2.75, 3.05) is 22.4 Å². The van der Waals surface area contributed by atoms with Crippen LogP contribution in [0.3, 0.4) is 0 Å². The van der Waals surface area contributed by atoms with Gasteiger partial charge in [-0.25, -0.2) is 17.2 Å². The van der Waals surface area contributed by atoms with Crippen molar-refractivity contribution in [2.45, 2.75) is 10.6 Å². The molecule has 168 valence electrons. The van der Waals surface area contributed by atoms with Gasteiger partial charge >= 0.3 is 0 Å². The molecule has 32 heavy (non-hydrogen) atoms. The number of anilines is 2. The second kappa shape index (κ2) is 10.3. The highest BCUT2D eigenvalue weighted by atomic mass is 35.5. The Labute approximate surface area is 194 Å². The normalized spacial score (nSPS) is 11.2. The molecular weight excluding hydrogens is 478 g/mol. The molecule has 0 saturated heterocycles. The van der Waals surface area contributed by atoms with E-state index >= 15 is 0 Å². The molecule has 0 aromatic heterocycles. The highest BCUT2D eigenvalue weighted by molar-refractivity contribution is 7.98. The number of hydrogen-bond acceptors (Lipinski definition) is 4. The number of halogens is 3. The van der Waals surface area contributed by atoms with Crippen LogP contribution >= 0.6 is 23.4 Å². The minimum absolute atomic E-state index is 0.146. The number of rotatable bonds is 8. The topological polar surface area (TPSA) is 66.5 Å². The molecule has 0 spiro atoms. The molecule has 0 heterocycles. The van der Waals surface area contributed by atoms with Gasteiger partial charge in [0.05, 0.1) is 17.6 Å². The minimum Gasteiger partial charge on any atom is -0.323 e. The number of carbonyl (C=O) groups is 1. The van der Waals surface area contributed by atoms with Gasteiger partial charge in [0.2, 0.25) is 15.9 Å². The largest absolute Gasteiger partial charge is 0.323 e. The van der Waals surface area contributed by atoms with Gasteiger partial charge in [-0.1, -0.05) is 35.9 Å². The SMILES string of the molecule is CS(=O)(=O)N(CC(=O)Nc1ccccc1SCc1ccc(Cl)cc1)c1ccc(F)c(F)c1. The third-order valence-corrected chi connectivity index (χ3v) is 6.88. The van der Waals surface area contributed by atoms with Gasteiger partial charge in [0, 0.05) is 21.7 Å². The van der Waals surface area contributed by atoms with Crippen LogP contribution in [0.4, 0.5) is 20.2 Å². The van der Waals surface area contributed by atoms with Crippen LogP contribution in [-0.4, -0.2) is 27.1 Å². The molecule has 0 fully saturated rings. The molecule has 3 aromatic rings. The van der Waals surface area contributed by atoms with Crippen molar-refractivity contribution in [2.24, 2.45) is 0 Å². The second-order valence-electron chi connectivity index (χ2n) is 6.83. The maximum Gasteiger partial charge on any atom is 0.245 e. The van der Waals surface area contributed by atoms with Gasteiger partial charge < -0.3 is 5.32 Å². The third-order valence-electron chi connectivity index (χ3n) is 4.35. The predicted molar refractivity (Wildman–Crippen MR) is 125 cm³/mol. The number of nitrogens with zero attached hydrogens (tertiary/aromatic N) is 1. The van der Waals surface area contributed by atoms with Crippen molar-refractivity contribution in [3.05, 3.63) is 89.0 Å². The van der Waals surface area contributed by atoms with Crippen LogP contribution < -0.4 is 9.62 Å². The first-order valence-corrected chi connectivity index (χ1v) is 12.5. The second-order valence-corrected chi connectivity index (χ2v) is 10.2. The molecule has 0 atom stereocenters. The van der Waals surface area contributed by atoms with E-state index in [-0.39, 0.29) is 5.69 Å². The first kappa shape index (κ1) is 24.0. The molecule has 3 aromatic carbocycles. The van der Waals surface area contributed by atoms with Gasteiger partial charge in [0.1, 0.15) is 6.54 Å². The van der Waals surface area contributed by atoms with Crippen LogP contribution in [0.15, 0.2) is 71.6 Å². The molecule has 0 unspecified atom stereocenters. The van der Waals surface area contributed by atoms with Gasteiger partial charge in [-0.3, -0.25) is 9.10 Å². The smallest absolute Gasteiger partial charge is 0.245 e. The molecule has 0 bridgehead atoms. The zero-order valence-electron chi connectivity index (χ0n) is 16.9. The number of nitrogens with one attached hydrogen (secondary N) is 1.